The van der Waals surface area contributed by atoms with Crippen LogP contribution in [0, 0.1) is 6.92 Å². The standard InChI is InChI=1S/C26H26N6O4/c1-15(2)25-29-22(36-30-25)13-31-14-27-23-19-10-16(3)8-9-20(19)32(24(23)26(31)34)12-21(33)28-17-6-5-7-18(11-17)35-4/h5-11,14-15H,12-13H2,1-4H3,(H,28,33). The van der Waals surface area contributed by atoms with Crippen LogP contribution in [0.5, 0.6) is 5.75 Å². The van der Waals surface area contributed by atoms with Crippen molar-refractivity contribution in [1.82, 2.24) is 24.3 Å². The fraction of sp³-hybridized carbons (Fsp3) is 0.269. The van der Waals surface area contributed by atoms with Gasteiger partial charge in [0.05, 0.1) is 19.0 Å². The van der Waals surface area contributed by atoms with Gasteiger partial charge >= 0.3 is 0 Å². The van der Waals surface area contributed by atoms with Gasteiger partial charge in [0.25, 0.3) is 5.56 Å². The molecule has 0 aliphatic heterocycles. The highest BCUT2D eigenvalue weighted by Gasteiger charge is 2.20. The van der Waals surface area contributed by atoms with Crippen LogP contribution < -0.4 is 15.6 Å². The third-order valence-corrected chi connectivity index (χ3v) is 5.94. The minimum atomic E-state index is -0.299. The van der Waals surface area contributed by atoms with Crippen molar-refractivity contribution in [3.63, 3.8) is 0 Å². The second kappa shape index (κ2) is 9.29. The quantitative estimate of drug-likeness (QED) is 0.371. The molecular formula is C26H26N6O4. The molecule has 2 aromatic carbocycles. The fourth-order valence-electron chi connectivity index (χ4n) is 4.15. The first-order valence-corrected chi connectivity index (χ1v) is 11.6. The molecular weight excluding hydrogens is 460 g/mol. The molecule has 3 aromatic heterocycles. The molecule has 0 saturated heterocycles. The predicted molar refractivity (Wildman–Crippen MR) is 135 cm³/mol. The van der Waals surface area contributed by atoms with E-state index in [1.54, 1.807) is 35.9 Å². The number of nitrogens with zero attached hydrogens (tertiary/aromatic N) is 5. The van der Waals surface area contributed by atoms with E-state index < -0.39 is 0 Å². The summed E-state index contributed by atoms with van der Waals surface area (Å²) in [5.74, 6) is 1.35. The van der Waals surface area contributed by atoms with Crippen molar-refractivity contribution < 1.29 is 14.1 Å². The van der Waals surface area contributed by atoms with Gasteiger partial charge in [-0.05, 0) is 31.2 Å². The molecule has 0 fully saturated rings. The van der Waals surface area contributed by atoms with Gasteiger partial charge in [0.2, 0.25) is 11.8 Å². The highest BCUT2D eigenvalue weighted by molar-refractivity contribution is 6.06. The maximum Gasteiger partial charge on any atom is 0.278 e. The number of carbonyl (C=O) groups is 1. The molecule has 184 valence electrons. The third kappa shape index (κ3) is 4.33. The van der Waals surface area contributed by atoms with Crippen LogP contribution >= 0.6 is 0 Å². The number of amides is 1. The zero-order valence-corrected chi connectivity index (χ0v) is 20.5. The van der Waals surface area contributed by atoms with Crippen molar-refractivity contribution in [3.05, 3.63) is 76.4 Å². The van der Waals surface area contributed by atoms with E-state index in [4.69, 9.17) is 9.26 Å². The number of aryl methyl sites for hydroxylation is 1. The van der Waals surface area contributed by atoms with Crippen molar-refractivity contribution in [3.8, 4) is 5.75 Å². The SMILES string of the molecule is COc1cccc(NC(=O)Cn2c3ccc(C)cc3c3ncn(Cc4nc(C(C)C)no4)c(=O)c32)c1. The summed E-state index contributed by atoms with van der Waals surface area (Å²) >= 11 is 0. The summed E-state index contributed by atoms with van der Waals surface area (Å²) in [6.07, 6.45) is 1.48. The number of rotatable bonds is 7. The van der Waals surface area contributed by atoms with E-state index in [9.17, 15) is 9.59 Å². The van der Waals surface area contributed by atoms with E-state index in [0.29, 0.717) is 34.2 Å². The second-order valence-corrected chi connectivity index (χ2v) is 8.96. The molecule has 5 rings (SSSR count). The number of benzene rings is 2. The third-order valence-electron chi connectivity index (χ3n) is 5.94. The average Bonchev–Trinajstić information content (AvgIpc) is 3.44. The highest BCUT2D eigenvalue weighted by atomic mass is 16.5. The summed E-state index contributed by atoms with van der Waals surface area (Å²) in [5, 5.41) is 7.66. The summed E-state index contributed by atoms with van der Waals surface area (Å²) in [7, 11) is 1.57. The van der Waals surface area contributed by atoms with Gasteiger partial charge in [-0.15, -0.1) is 0 Å². The van der Waals surface area contributed by atoms with Crippen LogP contribution in [0.1, 0.15) is 37.0 Å². The van der Waals surface area contributed by atoms with Gasteiger partial charge in [0.1, 0.15) is 29.9 Å². The molecule has 0 aliphatic rings. The zero-order valence-electron chi connectivity index (χ0n) is 20.5. The molecule has 0 unspecified atom stereocenters. The average molecular weight is 487 g/mol. The Hall–Kier alpha value is -4.47. The Kier molecular flexibility index (Phi) is 6.01. The predicted octanol–water partition coefficient (Wildman–Crippen LogP) is 3.86. The van der Waals surface area contributed by atoms with Crippen LogP contribution in [0.25, 0.3) is 21.9 Å². The summed E-state index contributed by atoms with van der Waals surface area (Å²) in [6, 6.07) is 12.9. The first-order chi connectivity index (χ1) is 17.3. The number of ether oxygens (including phenoxy) is 1. The molecule has 0 spiro atoms. The largest absolute Gasteiger partial charge is 0.497 e. The lowest BCUT2D eigenvalue weighted by atomic mass is 10.1. The molecule has 0 radical (unpaired) electrons. The van der Waals surface area contributed by atoms with E-state index >= 15 is 0 Å². The minimum absolute atomic E-state index is 0.0702. The molecule has 0 saturated carbocycles. The molecule has 0 atom stereocenters. The molecule has 1 N–H and O–H groups in total. The van der Waals surface area contributed by atoms with Crippen molar-refractivity contribution in [2.24, 2.45) is 0 Å². The van der Waals surface area contributed by atoms with E-state index in [2.05, 4.69) is 20.4 Å². The lowest BCUT2D eigenvalue weighted by Crippen LogP contribution is -2.25. The normalized spacial score (nSPS) is 11.5. The Morgan fingerprint density at radius 2 is 2.03 bits per heavy atom. The van der Waals surface area contributed by atoms with Crippen molar-refractivity contribution >= 4 is 33.5 Å². The van der Waals surface area contributed by atoms with Gasteiger partial charge in [0, 0.05) is 23.1 Å². The summed E-state index contributed by atoms with van der Waals surface area (Å²) in [4.78, 5) is 35.6. The molecule has 10 nitrogen and oxygen atoms in total. The van der Waals surface area contributed by atoms with E-state index in [1.807, 2.05) is 39.0 Å². The Labute approximate surface area is 206 Å². The van der Waals surface area contributed by atoms with Crippen LogP contribution in [0.4, 0.5) is 5.69 Å². The van der Waals surface area contributed by atoms with Crippen LogP contribution in [-0.4, -0.2) is 37.3 Å². The van der Waals surface area contributed by atoms with Gasteiger partial charge in [-0.3, -0.25) is 14.2 Å². The number of carbonyl (C=O) groups excluding carboxylic acids is 1. The van der Waals surface area contributed by atoms with Gasteiger partial charge in [-0.25, -0.2) is 4.98 Å². The van der Waals surface area contributed by atoms with Crippen LogP contribution in [0.15, 0.2) is 58.1 Å². The molecule has 10 heteroatoms. The maximum absolute atomic E-state index is 13.6. The second-order valence-electron chi connectivity index (χ2n) is 8.96. The number of aromatic nitrogens is 5. The van der Waals surface area contributed by atoms with Crippen molar-refractivity contribution in [1.29, 1.82) is 0 Å². The monoisotopic (exact) mass is 486 g/mol. The van der Waals surface area contributed by atoms with Gasteiger partial charge in [-0.2, -0.15) is 4.98 Å². The first kappa shape index (κ1) is 23.3. The minimum Gasteiger partial charge on any atom is -0.497 e. The van der Waals surface area contributed by atoms with Crippen LogP contribution in [0.3, 0.4) is 0 Å². The topological polar surface area (TPSA) is 117 Å². The van der Waals surface area contributed by atoms with Crippen molar-refractivity contribution in [2.75, 3.05) is 12.4 Å². The lowest BCUT2D eigenvalue weighted by molar-refractivity contribution is -0.116. The number of hydrogen-bond acceptors (Lipinski definition) is 7. The number of methoxy groups -OCH3 is 1. The Bertz CT molecular complexity index is 1650. The van der Waals surface area contributed by atoms with Crippen LogP contribution in [0.2, 0.25) is 0 Å². The van der Waals surface area contributed by atoms with Crippen molar-refractivity contribution in [2.45, 2.75) is 39.8 Å². The molecule has 0 aliphatic carbocycles. The van der Waals surface area contributed by atoms with E-state index in [0.717, 1.165) is 16.5 Å². The maximum atomic E-state index is 13.6. The molecule has 3 heterocycles. The Balaban J connectivity index is 1.56. The van der Waals surface area contributed by atoms with Gasteiger partial charge < -0.3 is 19.1 Å². The Morgan fingerprint density at radius 1 is 1.19 bits per heavy atom. The molecule has 5 aromatic rings. The molecule has 36 heavy (non-hydrogen) atoms. The zero-order chi connectivity index (χ0) is 25.4. The smallest absolute Gasteiger partial charge is 0.278 e. The van der Waals surface area contributed by atoms with Gasteiger partial charge in [0.15, 0.2) is 5.82 Å². The van der Waals surface area contributed by atoms with Gasteiger partial charge in [-0.1, -0.05) is 36.7 Å². The summed E-state index contributed by atoms with van der Waals surface area (Å²) in [5.41, 5.74) is 2.95. The number of nitrogens with one attached hydrogen (secondary N) is 1. The van der Waals surface area contributed by atoms with Crippen LogP contribution in [-0.2, 0) is 17.9 Å². The summed E-state index contributed by atoms with van der Waals surface area (Å²) in [6.45, 7) is 5.91. The number of hydrogen-bond donors (Lipinski definition) is 1. The molecule has 1 amide bonds. The van der Waals surface area contributed by atoms with E-state index in [-0.39, 0.29) is 30.5 Å². The number of anilines is 1. The Morgan fingerprint density at radius 3 is 2.78 bits per heavy atom. The molecule has 0 bridgehead atoms. The highest BCUT2D eigenvalue weighted by Crippen LogP contribution is 2.27. The summed E-state index contributed by atoms with van der Waals surface area (Å²) < 4.78 is 13.7. The fourth-order valence-corrected chi connectivity index (χ4v) is 4.15. The van der Waals surface area contributed by atoms with E-state index in [1.165, 1.54) is 10.9 Å². The lowest BCUT2D eigenvalue weighted by Gasteiger charge is -2.10. The number of fused-ring (bicyclic) bond motifs is 3. The first-order valence-electron chi connectivity index (χ1n) is 11.6.